The monoisotopic (exact) mass is 374 g/mol. The van der Waals surface area contributed by atoms with Crippen molar-refractivity contribution in [3.8, 4) is 0 Å². The van der Waals surface area contributed by atoms with Gasteiger partial charge < -0.3 is 5.11 Å². The maximum atomic E-state index is 12.5. The lowest BCUT2D eigenvalue weighted by atomic mass is 9.89. The zero-order valence-corrected chi connectivity index (χ0v) is 15.5. The van der Waals surface area contributed by atoms with Gasteiger partial charge in [0.1, 0.15) is 0 Å². The first kappa shape index (κ1) is 19.8. The van der Waals surface area contributed by atoms with E-state index >= 15 is 0 Å². The maximum absolute atomic E-state index is 12.5. The van der Waals surface area contributed by atoms with Crippen LogP contribution in [-0.4, -0.2) is 32.1 Å². The van der Waals surface area contributed by atoms with E-state index < -0.39 is 21.9 Å². The second kappa shape index (κ2) is 8.73. The second-order valence-electron chi connectivity index (χ2n) is 6.02. The number of rotatable bonds is 8. The Bertz CT molecular complexity index is 862. The van der Waals surface area contributed by atoms with Gasteiger partial charge in [0.25, 0.3) is 10.0 Å². The Kier molecular flexibility index (Phi) is 6.65. The Labute approximate surface area is 153 Å². The van der Waals surface area contributed by atoms with Crippen LogP contribution in [0.5, 0.6) is 0 Å². The van der Waals surface area contributed by atoms with E-state index in [1.54, 1.807) is 43.3 Å². The molecule has 0 bridgehead atoms. The van der Waals surface area contributed by atoms with Crippen LogP contribution in [-0.2, 0) is 14.8 Å². The number of ketones is 1. The third-order valence-corrected chi connectivity index (χ3v) is 5.22. The number of nitrogens with zero attached hydrogens (tertiary/aromatic N) is 1. The number of nitrogens with one attached hydrogen (secondary N) is 1. The van der Waals surface area contributed by atoms with E-state index in [-0.39, 0.29) is 17.3 Å². The molecule has 0 aliphatic rings. The van der Waals surface area contributed by atoms with Crippen LogP contribution in [0.25, 0.3) is 0 Å². The number of carbonyl (C=O) groups is 1. The fraction of sp³-hybridized carbons (Fsp3) is 0.263. The molecule has 26 heavy (non-hydrogen) atoms. The summed E-state index contributed by atoms with van der Waals surface area (Å²) in [6.45, 7) is 3.15. The van der Waals surface area contributed by atoms with Crippen LogP contribution >= 0.6 is 0 Å². The van der Waals surface area contributed by atoms with Crippen molar-refractivity contribution in [1.29, 1.82) is 0 Å². The number of hydrogen-bond acceptors (Lipinski definition) is 5. The average molecular weight is 374 g/mol. The summed E-state index contributed by atoms with van der Waals surface area (Å²) in [5.41, 5.74) is 1.66. The highest BCUT2D eigenvalue weighted by Gasteiger charge is 2.24. The molecular formula is C19H22N2O4S. The van der Waals surface area contributed by atoms with Crippen LogP contribution < -0.4 is 4.83 Å². The average Bonchev–Trinajstić information content (AvgIpc) is 2.63. The number of benzene rings is 2. The number of aryl methyl sites for hydroxylation is 1. The number of aliphatic hydroxyl groups excluding tert-OH is 1. The molecule has 0 heterocycles. The number of carbonyl (C=O) groups excluding carboxylic acids is 1. The summed E-state index contributed by atoms with van der Waals surface area (Å²) in [6.07, 6.45) is 1.24. The number of aliphatic hydroxyl groups is 1. The van der Waals surface area contributed by atoms with Gasteiger partial charge in [-0.2, -0.15) is 13.5 Å². The van der Waals surface area contributed by atoms with Gasteiger partial charge in [-0.3, -0.25) is 4.79 Å². The van der Waals surface area contributed by atoms with Gasteiger partial charge >= 0.3 is 0 Å². The molecule has 2 aromatic rings. The minimum Gasteiger partial charge on any atom is -0.395 e. The van der Waals surface area contributed by atoms with Gasteiger partial charge in [0.05, 0.1) is 23.3 Å². The molecule has 2 rings (SSSR count). The lowest BCUT2D eigenvalue weighted by molar-refractivity contribution is -0.122. The zero-order valence-electron chi connectivity index (χ0n) is 14.7. The van der Waals surface area contributed by atoms with E-state index in [4.69, 9.17) is 0 Å². The van der Waals surface area contributed by atoms with Crippen LogP contribution in [0, 0.1) is 12.8 Å². The van der Waals surface area contributed by atoms with Crippen LogP contribution in [0.3, 0.4) is 0 Å². The molecule has 0 aliphatic heterocycles. The largest absolute Gasteiger partial charge is 0.395 e. The molecule has 0 radical (unpaired) electrons. The molecule has 0 aromatic heterocycles. The minimum absolute atomic E-state index is 0.0942. The molecule has 2 aromatic carbocycles. The first-order valence-corrected chi connectivity index (χ1v) is 9.64. The molecule has 0 fully saturated rings. The summed E-state index contributed by atoms with van der Waals surface area (Å²) >= 11 is 0. The molecule has 0 amide bonds. The van der Waals surface area contributed by atoms with Gasteiger partial charge in [0.2, 0.25) is 0 Å². The van der Waals surface area contributed by atoms with Gasteiger partial charge in [-0.1, -0.05) is 55.0 Å². The van der Waals surface area contributed by atoms with E-state index in [0.717, 1.165) is 5.56 Å². The summed E-state index contributed by atoms with van der Waals surface area (Å²) in [5.74, 6) is -1.57. The Morgan fingerprint density at radius 1 is 1.15 bits per heavy atom. The SMILES string of the molecule is Cc1ccc(S(=O)(=O)NN=CC(C)C(=O)C(CO)c2ccccc2)cc1. The quantitative estimate of drug-likeness (QED) is 0.547. The molecule has 2 unspecified atom stereocenters. The summed E-state index contributed by atoms with van der Waals surface area (Å²) in [5, 5.41) is 13.3. The third kappa shape index (κ3) is 5.00. The maximum Gasteiger partial charge on any atom is 0.276 e. The van der Waals surface area contributed by atoms with E-state index in [1.165, 1.54) is 18.3 Å². The Hall–Kier alpha value is -2.51. The van der Waals surface area contributed by atoms with Gasteiger partial charge in [-0.15, -0.1) is 0 Å². The lowest BCUT2D eigenvalue weighted by Crippen LogP contribution is -2.25. The van der Waals surface area contributed by atoms with Crippen LogP contribution in [0.15, 0.2) is 64.6 Å². The smallest absolute Gasteiger partial charge is 0.276 e. The molecule has 0 spiro atoms. The lowest BCUT2D eigenvalue weighted by Gasteiger charge is -2.16. The summed E-state index contributed by atoms with van der Waals surface area (Å²) < 4.78 is 24.3. The van der Waals surface area contributed by atoms with Crippen molar-refractivity contribution in [3.05, 3.63) is 65.7 Å². The van der Waals surface area contributed by atoms with E-state index in [0.29, 0.717) is 5.56 Å². The fourth-order valence-electron chi connectivity index (χ4n) is 2.42. The van der Waals surface area contributed by atoms with Crippen molar-refractivity contribution in [1.82, 2.24) is 4.83 Å². The van der Waals surface area contributed by atoms with Crippen LogP contribution in [0.2, 0.25) is 0 Å². The van der Waals surface area contributed by atoms with E-state index in [1.807, 2.05) is 13.0 Å². The summed E-state index contributed by atoms with van der Waals surface area (Å²) in [7, 11) is -3.78. The first-order valence-electron chi connectivity index (χ1n) is 8.16. The zero-order chi connectivity index (χ0) is 19.2. The molecule has 6 nitrogen and oxygen atoms in total. The summed E-state index contributed by atoms with van der Waals surface area (Å²) in [4.78, 5) is 14.7. The Morgan fingerprint density at radius 3 is 2.35 bits per heavy atom. The highest BCUT2D eigenvalue weighted by molar-refractivity contribution is 7.89. The highest BCUT2D eigenvalue weighted by Crippen LogP contribution is 2.19. The second-order valence-corrected chi connectivity index (χ2v) is 7.68. The minimum atomic E-state index is -3.78. The molecule has 2 atom stereocenters. The molecule has 0 saturated heterocycles. The number of Topliss-reactive ketones (excluding diaryl/α,β-unsaturated/α-hetero) is 1. The van der Waals surface area contributed by atoms with Gasteiger partial charge in [-0.05, 0) is 24.6 Å². The third-order valence-electron chi connectivity index (χ3n) is 3.98. The molecule has 138 valence electrons. The Morgan fingerprint density at radius 2 is 1.77 bits per heavy atom. The Balaban J connectivity index is 2.05. The molecule has 7 heteroatoms. The van der Waals surface area contributed by atoms with Gasteiger partial charge in [0, 0.05) is 6.21 Å². The van der Waals surface area contributed by atoms with Crippen molar-refractivity contribution >= 4 is 22.0 Å². The fourth-order valence-corrected chi connectivity index (χ4v) is 3.22. The normalized spacial score (nSPS) is 14.1. The molecule has 0 saturated carbocycles. The van der Waals surface area contributed by atoms with Crippen LogP contribution in [0.4, 0.5) is 0 Å². The molecular weight excluding hydrogens is 352 g/mol. The van der Waals surface area contributed by atoms with E-state index in [9.17, 15) is 18.3 Å². The molecule has 2 N–H and O–H groups in total. The van der Waals surface area contributed by atoms with Crippen molar-refractivity contribution in [2.24, 2.45) is 11.0 Å². The predicted octanol–water partition coefficient (Wildman–Crippen LogP) is 2.24. The number of sulfonamides is 1. The standard InChI is InChI=1S/C19H22N2O4S/c1-14-8-10-17(11-9-14)26(24,25)21-20-12-15(2)19(23)18(13-22)16-6-4-3-5-7-16/h3-12,15,18,21-22H,13H2,1-2H3. The first-order chi connectivity index (χ1) is 12.3. The van der Waals surface area contributed by atoms with E-state index in [2.05, 4.69) is 9.93 Å². The molecule has 0 aliphatic carbocycles. The number of hydrazone groups is 1. The predicted molar refractivity (Wildman–Crippen MR) is 100 cm³/mol. The van der Waals surface area contributed by atoms with Crippen molar-refractivity contribution < 1.29 is 18.3 Å². The van der Waals surface area contributed by atoms with Crippen molar-refractivity contribution in [2.45, 2.75) is 24.7 Å². The van der Waals surface area contributed by atoms with Crippen molar-refractivity contribution in [2.75, 3.05) is 6.61 Å². The van der Waals surface area contributed by atoms with Crippen LogP contribution in [0.1, 0.15) is 24.0 Å². The van der Waals surface area contributed by atoms with Crippen molar-refractivity contribution in [3.63, 3.8) is 0 Å². The summed E-state index contributed by atoms with van der Waals surface area (Å²) in [6, 6.07) is 15.3. The number of hydrogen-bond donors (Lipinski definition) is 2. The van der Waals surface area contributed by atoms with Gasteiger partial charge in [-0.25, -0.2) is 4.83 Å². The van der Waals surface area contributed by atoms with Gasteiger partial charge in [0.15, 0.2) is 5.78 Å². The topological polar surface area (TPSA) is 95.8 Å². The highest BCUT2D eigenvalue weighted by atomic mass is 32.2.